The number of ether oxygens (including phenoxy) is 1. The lowest BCUT2D eigenvalue weighted by Gasteiger charge is -2.04. The van der Waals surface area contributed by atoms with Crippen molar-refractivity contribution < 1.29 is 36.7 Å². The standard InChI is InChI=1S/C18H12N6O8S2/c1-33-17-19-2-9(3-20-17)14-24-12(7-31-14)16(27)32-8-34(28,29)18-21-4-10(5-22-18)13-23-11(6-30-13)15(25)26/h2-7H,8H2,1H3,(H,25,26). The SMILES string of the molecule is CSc1ncc(-c2nc(C(=O)OCS(=O)(=O)c3ncc(-c4nc(C(=O)O)co4)cn3)co2)cn1. The average Bonchev–Trinajstić information content (AvgIpc) is 3.53. The van der Waals surface area contributed by atoms with Crippen molar-refractivity contribution in [3.05, 3.63) is 48.7 Å². The summed E-state index contributed by atoms with van der Waals surface area (Å²) in [7, 11) is -4.21. The third kappa shape index (κ3) is 4.91. The molecule has 0 aromatic carbocycles. The first-order chi connectivity index (χ1) is 16.3. The Balaban J connectivity index is 1.41. The molecule has 174 valence electrons. The first kappa shape index (κ1) is 23.0. The van der Waals surface area contributed by atoms with Crippen LogP contribution in [0.3, 0.4) is 0 Å². The van der Waals surface area contributed by atoms with E-state index in [1.54, 1.807) is 0 Å². The number of carbonyl (C=O) groups is 2. The second-order valence-corrected chi connectivity index (χ2v) is 8.86. The normalized spacial score (nSPS) is 11.3. The van der Waals surface area contributed by atoms with E-state index in [2.05, 4.69) is 29.9 Å². The molecule has 4 heterocycles. The molecule has 0 unspecified atom stereocenters. The van der Waals surface area contributed by atoms with Gasteiger partial charge in [-0.05, 0) is 6.26 Å². The van der Waals surface area contributed by atoms with Gasteiger partial charge in [0, 0.05) is 24.8 Å². The first-order valence-corrected chi connectivity index (χ1v) is 11.9. The van der Waals surface area contributed by atoms with E-state index >= 15 is 0 Å². The van der Waals surface area contributed by atoms with Gasteiger partial charge < -0.3 is 18.7 Å². The fourth-order valence-corrected chi connectivity index (χ4v) is 3.49. The Morgan fingerprint density at radius 3 is 2.00 bits per heavy atom. The van der Waals surface area contributed by atoms with Crippen molar-refractivity contribution in [3.8, 4) is 22.9 Å². The Kier molecular flexibility index (Phi) is 6.33. The molecule has 0 fully saturated rings. The highest BCUT2D eigenvalue weighted by atomic mass is 32.2. The number of carboxylic acid groups (broad SMARTS) is 1. The molecule has 16 heteroatoms. The van der Waals surface area contributed by atoms with Crippen LogP contribution in [0.25, 0.3) is 22.9 Å². The van der Waals surface area contributed by atoms with Crippen molar-refractivity contribution in [1.29, 1.82) is 0 Å². The van der Waals surface area contributed by atoms with Gasteiger partial charge in [0.25, 0.3) is 5.16 Å². The van der Waals surface area contributed by atoms with E-state index < -0.39 is 32.9 Å². The van der Waals surface area contributed by atoms with Crippen molar-refractivity contribution in [2.45, 2.75) is 10.3 Å². The minimum Gasteiger partial charge on any atom is -0.476 e. The summed E-state index contributed by atoms with van der Waals surface area (Å²) in [6.07, 6.45) is 8.83. The van der Waals surface area contributed by atoms with Crippen LogP contribution in [0.4, 0.5) is 0 Å². The summed E-state index contributed by atoms with van der Waals surface area (Å²) in [5.41, 5.74) is -0.0275. The molecule has 0 atom stereocenters. The number of nitrogens with zero attached hydrogens (tertiary/aromatic N) is 6. The summed E-state index contributed by atoms with van der Waals surface area (Å²) in [5, 5.41) is 8.79. The minimum absolute atomic E-state index is 0.0546. The zero-order valence-electron chi connectivity index (χ0n) is 17.0. The van der Waals surface area contributed by atoms with E-state index in [9.17, 15) is 18.0 Å². The first-order valence-electron chi connectivity index (χ1n) is 9.00. The highest BCUT2D eigenvalue weighted by Crippen LogP contribution is 2.20. The largest absolute Gasteiger partial charge is 0.476 e. The zero-order valence-corrected chi connectivity index (χ0v) is 18.6. The Morgan fingerprint density at radius 1 is 0.941 bits per heavy atom. The number of rotatable bonds is 8. The van der Waals surface area contributed by atoms with Crippen LogP contribution in [0.1, 0.15) is 21.0 Å². The van der Waals surface area contributed by atoms with Gasteiger partial charge in [-0.1, -0.05) is 11.8 Å². The van der Waals surface area contributed by atoms with Gasteiger partial charge in [-0.15, -0.1) is 0 Å². The zero-order chi connectivity index (χ0) is 24.3. The Morgan fingerprint density at radius 2 is 1.47 bits per heavy atom. The average molecular weight is 504 g/mol. The summed E-state index contributed by atoms with van der Waals surface area (Å²) in [6, 6.07) is 0. The molecule has 0 spiro atoms. The Bertz CT molecular complexity index is 1450. The third-order valence-electron chi connectivity index (χ3n) is 3.99. The van der Waals surface area contributed by atoms with Gasteiger partial charge in [0.2, 0.25) is 21.6 Å². The number of hydrogen-bond acceptors (Lipinski definition) is 14. The number of sulfone groups is 1. The fraction of sp³-hybridized carbons (Fsp3) is 0.111. The lowest BCUT2D eigenvalue weighted by molar-refractivity contribution is 0.0563. The molecule has 1 N–H and O–H groups in total. The monoisotopic (exact) mass is 504 g/mol. The number of oxazole rings is 2. The molecule has 4 aromatic heterocycles. The van der Waals surface area contributed by atoms with Crippen molar-refractivity contribution in [1.82, 2.24) is 29.9 Å². The molecule has 0 aliphatic carbocycles. The molecule has 34 heavy (non-hydrogen) atoms. The predicted octanol–water partition coefficient (Wildman–Crippen LogP) is 1.58. The maximum Gasteiger partial charge on any atom is 0.361 e. The minimum atomic E-state index is -4.21. The molecular formula is C18H12N6O8S2. The molecule has 0 aliphatic rings. The van der Waals surface area contributed by atoms with Gasteiger partial charge in [-0.3, -0.25) is 0 Å². The van der Waals surface area contributed by atoms with E-state index in [0.29, 0.717) is 10.7 Å². The number of thioether (sulfide) groups is 1. The number of aromatic carboxylic acids is 1. The van der Waals surface area contributed by atoms with Crippen LogP contribution in [0.5, 0.6) is 0 Å². The second kappa shape index (κ2) is 9.36. The van der Waals surface area contributed by atoms with Gasteiger partial charge in [-0.25, -0.2) is 47.9 Å². The fourth-order valence-electron chi connectivity index (χ4n) is 2.38. The quantitative estimate of drug-likeness (QED) is 0.206. The number of aromatic nitrogens is 6. The predicted molar refractivity (Wildman–Crippen MR) is 111 cm³/mol. The van der Waals surface area contributed by atoms with Gasteiger partial charge in [0.05, 0.1) is 11.1 Å². The van der Waals surface area contributed by atoms with E-state index in [4.69, 9.17) is 18.7 Å². The summed E-state index contributed by atoms with van der Waals surface area (Å²) >= 11 is 1.35. The molecule has 4 aromatic rings. The molecule has 4 rings (SSSR count). The summed E-state index contributed by atoms with van der Waals surface area (Å²) in [4.78, 5) is 46.3. The van der Waals surface area contributed by atoms with E-state index in [1.165, 1.54) is 24.2 Å². The maximum atomic E-state index is 12.4. The lowest BCUT2D eigenvalue weighted by Crippen LogP contribution is -2.17. The lowest BCUT2D eigenvalue weighted by atomic mass is 10.3. The second-order valence-electron chi connectivity index (χ2n) is 6.26. The van der Waals surface area contributed by atoms with Crippen molar-refractivity contribution in [2.75, 3.05) is 12.2 Å². The molecule has 0 radical (unpaired) electrons. The van der Waals surface area contributed by atoms with E-state index in [1.807, 2.05) is 6.26 Å². The molecule has 0 bridgehead atoms. The molecular weight excluding hydrogens is 492 g/mol. The van der Waals surface area contributed by atoms with Crippen LogP contribution in [-0.2, 0) is 14.6 Å². The Labute approximate surface area is 194 Å². The van der Waals surface area contributed by atoms with Gasteiger partial charge >= 0.3 is 11.9 Å². The van der Waals surface area contributed by atoms with Gasteiger partial charge in [-0.2, -0.15) is 0 Å². The third-order valence-corrected chi connectivity index (χ3v) is 5.76. The van der Waals surface area contributed by atoms with Crippen LogP contribution in [-0.4, -0.2) is 67.6 Å². The number of carbonyl (C=O) groups excluding carboxylic acids is 1. The van der Waals surface area contributed by atoms with E-state index in [0.717, 1.165) is 24.9 Å². The highest BCUT2D eigenvalue weighted by molar-refractivity contribution is 7.98. The summed E-state index contributed by atoms with van der Waals surface area (Å²) in [6.45, 7) is 0. The van der Waals surface area contributed by atoms with Gasteiger partial charge in [0.15, 0.2) is 22.5 Å². The molecule has 0 saturated carbocycles. The van der Waals surface area contributed by atoms with Gasteiger partial charge in [0.1, 0.15) is 12.5 Å². The smallest absolute Gasteiger partial charge is 0.361 e. The van der Waals surface area contributed by atoms with Crippen molar-refractivity contribution in [3.63, 3.8) is 0 Å². The Hall–Kier alpha value is -4.18. The van der Waals surface area contributed by atoms with Crippen molar-refractivity contribution >= 4 is 33.5 Å². The summed E-state index contributed by atoms with van der Waals surface area (Å²) in [5.74, 6) is -3.45. The molecule has 0 amide bonds. The summed E-state index contributed by atoms with van der Waals surface area (Å²) < 4.78 is 39.9. The van der Waals surface area contributed by atoms with Crippen LogP contribution in [0.15, 0.2) is 56.5 Å². The van der Waals surface area contributed by atoms with Crippen molar-refractivity contribution in [2.24, 2.45) is 0 Å². The van der Waals surface area contributed by atoms with E-state index in [-0.39, 0.29) is 28.7 Å². The van der Waals surface area contributed by atoms with Crippen LogP contribution >= 0.6 is 11.8 Å². The maximum absolute atomic E-state index is 12.4. The highest BCUT2D eigenvalue weighted by Gasteiger charge is 2.24. The molecule has 0 aliphatic heterocycles. The number of hydrogen-bond donors (Lipinski definition) is 1. The number of carboxylic acids is 1. The topological polar surface area (TPSA) is 201 Å². The van der Waals surface area contributed by atoms with Crippen LogP contribution in [0, 0.1) is 0 Å². The molecule has 0 saturated heterocycles. The number of esters is 1. The van der Waals surface area contributed by atoms with Crippen LogP contribution in [0.2, 0.25) is 0 Å². The molecule has 14 nitrogen and oxygen atoms in total. The van der Waals surface area contributed by atoms with Crippen LogP contribution < -0.4 is 0 Å².